The summed E-state index contributed by atoms with van der Waals surface area (Å²) in [4.78, 5) is 13.9. The van der Waals surface area contributed by atoms with Crippen LogP contribution in [0.25, 0.3) is 5.69 Å². The number of hydrogen-bond acceptors (Lipinski definition) is 3. The van der Waals surface area contributed by atoms with Crippen LogP contribution in [0, 0.1) is 5.92 Å². The van der Waals surface area contributed by atoms with E-state index in [1.54, 1.807) is 0 Å². The fourth-order valence-corrected chi connectivity index (χ4v) is 4.38. The van der Waals surface area contributed by atoms with Crippen LogP contribution in [0.5, 0.6) is 0 Å². The van der Waals surface area contributed by atoms with Crippen molar-refractivity contribution in [3.8, 4) is 5.69 Å². The van der Waals surface area contributed by atoms with Gasteiger partial charge in [0.1, 0.15) is 6.04 Å². The van der Waals surface area contributed by atoms with Gasteiger partial charge in [0.25, 0.3) is 0 Å². The third kappa shape index (κ3) is 2.84. The molecule has 0 unspecified atom stereocenters. The highest BCUT2D eigenvalue weighted by Gasteiger charge is 2.45. The molecule has 1 N–H and O–H groups in total. The molecule has 1 saturated heterocycles. The highest BCUT2D eigenvalue weighted by atomic mass is 16.4. The molecule has 0 bridgehead atoms. The highest BCUT2D eigenvalue weighted by molar-refractivity contribution is 5.74. The van der Waals surface area contributed by atoms with Crippen molar-refractivity contribution < 1.29 is 9.90 Å². The summed E-state index contributed by atoms with van der Waals surface area (Å²) in [6.45, 7) is 0.623. The minimum atomic E-state index is -0.688. The molecule has 2 fully saturated rings. The first-order valence-electron chi connectivity index (χ1n) is 8.81. The molecule has 126 valence electrons. The zero-order valence-electron chi connectivity index (χ0n) is 13.7. The lowest BCUT2D eigenvalue weighted by Crippen LogP contribution is -2.41. The first-order valence-corrected chi connectivity index (χ1v) is 8.81. The number of hydrogen-bond donors (Lipinski definition) is 1. The zero-order chi connectivity index (χ0) is 16.5. The molecule has 3 atom stereocenters. The molecule has 2 aromatic rings. The number of para-hydroxylation sites is 1. The second-order valence-corrected chi connectivity index (χ2v) is 6.96. The molecule has 1 aromatic heterocycles. The predicted octanol–water partition coefficient (Wildman–Crippen LogP) is 3.09. The van der Waals surface area contributed by atoms with E-state index in [1.807, 2.05) is 47.3 Å². The summed E-state index contributed by atoms with van der Waals surface area (Å²) in [6.07, 6.45) is 7.48. The Morgan fingerprint density at radius 2 is 1.96 bits per heavy atom. The van der Waals surface area contributed by atoms with Gasteiger partial charge >= 0.3 is 5.97 Å². The molecule has 2 heterocycles. The first-order chi connectivity index (χ1) is 11.7. The molecule has 1 aromatic carbocycles. The normalized spacial score (nSPS) is 27.1. The molecule has 1 aliphatic carbocycles. The van der Waals surface area contributed by atoms with Crippen molar-refractivity contribution in [1.82, 2.24) is 14.7 Å². The Morgan fingerprint density at radius 1 is 1.17 bits per heavy atom. The molecule has 24 heavy (non-hydrogen) atoms. The molecule has 2 aliphatic rings. The van der Waals surface area contributed by atoms with Crippen molar-refractivity contribution in [3.63, 3.8) is 0 Å². The summed E-state index contributed by atoms with van der Waals surface area (Å²) in [5.41, 5.74) is 1.96. The standard InChI is InChI=1S/C19H23N3O2/c23-19(24)18-12-14-6-4-5-9-17(14)21(18)13-15-10-11-22(20-15)16-7-2-1-3-8-16/h1-3,7-8,10-11,14,17-18H,4-6,9,12-13H2,(H,23,24)/t14-,17+,18+/m1/s1. The Bertz CT molecular complexity index is 712. The summed E-state index contributed by atoms with van der Waals surface area (Å²) in [7, 11) is 0. The van der Waals surface area contributed by atoms with Gasteiger partial charge in [-0.25, -0.2) is 4.68 Å². The van der Waals surface area contributed by atoms with Crippen molar-refractivity contribution in [2.24, 2.45) is 5.92 Å². The van der Waals surface area contributed by atoms with Crippen molar-refractivity contribution in [2.45, 2.75) is 50.7 Å². The molecular weight excluding hydrogens is 302 g/mol. The van der Waals surface area contributed by atoms with E-state index in [0.29, 0.717) is 18.5 Å². The van der Waals surface area contributed by atoms with Crippen LogP contribution in [0.3, 0.4) is 0 Å². The fraction of sp³-hybridized carbons (Fsp3) is 0.474. The number of aliphatic carboxylic acids is 1. The number of carboxylic acids is 1. The maximum atomic E-state index is 11.7. The van der Waals surface area contributed by atoms with Crippen LogP contribution in [-0.4, -0.2) is 37.8 Å². The molecule has 4 rings (SSSR count). The van der Waals surface area contributed by atoms with Crippen molar-refractivity contribution in [2.75, 3.05) is 0 Å². The van der Waals surface area contributed by atoms with Gasteiger partial charge in [0.15, 0.2) is 0 Å². The van der Waals surface area contributed by atoms with E-state index in [9.17, 15) is 9.90 Å². The van der Waals surface area contributed by atoms with Gasteiger partial charge < -0.3 is 5.11 Å². The summed E-state index contributed by atoms with van der Waals surface area (Å²) in [5, 5.41) is 14.3. The SMILES string of the molecule is O=C(O)[C@@H]1C[C@H]2CCCC[C@@H]2N1Cc1ccn(-c2ccccc2)n1. The van der Waals surface area contributed by atoms with E-state index in [4.69, 9.17) is 0 Å². The average molecular weight is 325 g/mol. The topological polar surface area (TPSA) is 58.4 Å². The van der Waals surface area contributed by atoms with E-state index < -0.39 is 5.97 Å². The lowest BCUT2D eigenvalue weighted by molar-refractivity contribution is -0.142. The number of benzene rings is 1. The Hall–Kier alpha value is -2.14. The maximum absolute atomic E-state index is 11.7. The largest absolute Gasteiger partial charge is 0.480 e. The lowest BCUT2D eigenvalue weighted by Gasteiger charge is -2.32. The second-order valence-electron chi connectivity index (χ2n) is 6.96. The maximum Gasteiger partial charge on any atom is 0.320 e. The molecule has 1 aliphatic heterocycles. The Kier molecular flexibility index (Phi) is 4.10. The van der Waals surface area contributed by atoms with E-state index in [2.05, 4.69) is 10.00 Å². The number of fused-ring (bicyclic) bond motifs is 1. The monoisotopic (exact) mass is 325 g/mol. The van der Waals surface area contributed by atoms with Crippen LogP contribution in [0.1, 0.15) is 37.8 Å². The van der Waals surface area contributed by atoms with Crippen LogP contribution >= 0.6 is 0 Å². The van der Waals surface area contributed by atoms with Gasteiger partial charge in [0, 0.05) is 18.8 Å². The Balaban J connectivity index is 1.55. The summed E-state index contributed by atoms with van der Waals surface area (Å²) < 4.78 is 1.86. The van der Waals surface area contributed by atoms with Crippen LogP contribution < -0.4 is 0 Å². The molecule has 1 saturated carbocycles. The zero-order valence-corrected chi connectivity index (χ0v) is 13.7. The lowest BCUT2D eigenvalue weighted by atomic mass is 9.85. The smallest absolute Gasteiger partial charge is 0.320 e. The van der Waals surface area contributed by atoms with Gasteiger partial charge in [-0.3, -0.25) is 9.69 Å². The average Bonchev–Trinajstić information content (AvgIpc) is 3.21. The molecule has 5 nitrogen and oxygen atoms in total. The number of aromatic nitrogens is 2. The quantitative estimate of drug-likeness (QED) is 0.938. The van der Waals surface area contributed by atoms with Crippen molar-refractivity contribution in [1.29, 1.82) is 0 Å². The second kappa shape index (κ2) is 6.40. The number of carbonyl (C=O) groups is 1. The number of likely N-dealkylation sites (tertiary alicyclic amines) is 1. The van der Waals surface area contributed by atoms with Crippen LogP contribution in [0.15, 0.2) is 42.6 Å². The van der Waals surface area contributed by atoms with E-state index >= 15 is 0 Å². The van der Waals surface area contributed by atoms with Crippen molar-refractivity contribution in [3.05, 3.63) is 48.3 Å². The summed E-state index contributed by atoms with van der Waals surface area (Å²) >= 11 is 0. The van der Waals surface area contributed by atoms with Gasteiger partial charge in [-0.05, 0) is 43.4 Å². The fourth-order valence-electron chi connectivity index (χ4n) is 4.38. The third-order valence-corrected chi connectivity index (χ3v) is 5.52. The van der Waals surface area contributed by atoms with Gasteiger partial charge in [-0.2, -0.15) is 5.10 Å². The molecule has 5 heteroatoms. The molecular formula is C19H23N3O2. The number of carboxylic acid groups (broad SMARTS) is 1. The Labute approximate surface area is 141 Å². The number of rotatable bonds is 4. The molecule has 0 spiro atoms. The van der Waals surface area contributed by atoms with E-state index in [0.717, 1.165) is 24.2 Å². The van der Waals surface area contributed by atoms with Gasteiger partial charge in [-0.15, -0.1) is 0 Å². The Morgan fingerprint density at radius 3 is 2.75 bits per heavy atom. The van der Waals surface area contributed by atoms with E-state index in [1.165, 1.54) is 19.3 Å². The predicted molar refractivity (Wildman–Crippen MR) is 90.9 cm³/mol. The van der Waals surface area contributed by atoms with Crippen LogP contribution in [-0.2, 0) is 11.3 Å². The molecule has 0 radical (unpaired) electrons. The highest BCUT2D eigenvalue weighted by Crippen LogP contribution is 2.40. The number of nitrogens with zero attached hydrogens (tertiary/aromatic N) is 3. The van der Waals surface area contributed by atoms with Crippen LogP contribution in [0.4, 0.5) is 0 Å². The summed E-state index contributed by atoms with van der Waals surface area (Å²) in [5.74, 6) is -0.150. The van der Waals surface area contributed by atoms with E-state index in [-0.39, 0.29) is 6.04 Å². The van der Waals surface area contributed by atoms with Gasteiger partial charge in [0.2, 0.25) is 0 Å². The third-order valence-electron chi connectivity index (χ3n) is 5.52. The van der Waals surface area contributed by atoms with Gasteiger partial charge in [-0.1, -0.05) is 31.0 Å². The minimum absolute atomic E-state index is 0.361. The van der Waals surface area contributed by atoms with Crippen molar-refractivity contribution >= 4 is 5.97 Å². The van der Waals surface area contributed by atoms with Crippen LogP contribution in [0.2, 0.25) is 0 Å². The minimum Gasteiger partial charge on any atom is -0.480 e. The molecule has 0 amide bonds. The van der Waals surface area contributed by atoms with Gasteiger partial charge in [0.05, 0.1) is 11.4 Å². The first kappa shape index (κ1) is 15.4. The summed E-state index contributed by atoms with van der Waals surface area (Å²) in [6, 6.07) is 12.0.